The number of carboxylic acid groups (broad SMARTS) is 2. The van der Waals surface area contributed by atoms with Crippen molar-refractivity contribution in [2.24, 2.45) is 0 Å². The lowest BCUT2D eigenvalue weighted by Crippen LogP contribution is -2.07. The average molecular weight is 638 g/mol. The van der Waals surface area contributed by atoms with E-state index in [-0.39, 0.29) is 24.0 Å². The van der Waals surface area contributed by atoms with Gasteiger partial charge in [0.25, 0.3) is 11.4 Å². The van der Waals surface area contributed by atoms with E-state index in [1.807, 2.05) is 0 Å². The van der Waals surface area contributed by atoms with Crippen molar-refractivity contribution in [3.63, 3.8) is 0 Å². The molecule has 0 aliphatic heterocycles. The Kier molecular flexibility index (Phi) is 10.8. The molecule has 0 spiro atoms. The normalized spacial score (nSPS) is 10.8. The minimum Gasteiger partial charge on any atom is -0.477 e. The molecule has 2 aromatic rings. The van der Waals surface area contributed by atoms with E-state index in [1.165, 1.54) is 12.1 Å². The number of carboxylic acids is 2. The molecule has 0 saturated heterocycles. The van der Waals surface area contributed by atoms with E-state index in [9.17, 15) is 40.0 Å². The minimum atomic E-state index is -1.43. The van der Waals surface area contributed by atoms with Gasteiger partial charge in [-0.15, -0.1) is 0 Å². The third-order valence-electron chi connectivity index (χ3n) is 4.54. The van der Waals surface area contributed by atoms with E-state index in [4.69, 9.17) is 0 Å². The van der Waals surface area contributed by atoms with Gasteiger partial charge in [-0.2, -0.15) is 0 Å². The molecule has 2 N–H and O–H groups in total. The molecule has 0 aliphatic rings. The van der Waals surface area contributed by atoms with Crippen molar-refractivity contribution >= 4 is 76.8 Å². The summed E-state index contributed by atoms with van der Waals surface area (Å²) in [5, 5.41) is 43.2. The fraction of sp³-hybridized carbons (Fsp3) is 0.300. The lowest BCUT2D eigenvalue weighted by Gasteiger charge is -2.11. The van der Waals surface area contributed by atoms with Crippen molar-refractivity contribution < 1.29 is 29.6 Å². The Labute approximate surface area is 218 Å². The highest BCUT2D eigenvalue weighted by Gasteiger charge is 2.27. The molecule has 34 heavy (non-hydrogen) atoms. The third-order valence-corrected chi connectivity index (χ3v) is 8.01. The second-order valence-corrected chi connectivity index (χ2v) is 10.7. The predicted octanol–water partition coefficient (Wildman–Crippen LogP) is 6.35. The van der Waals surface area contributed by atoms with Gasteiger partial charge in [0, 0.05) is 31.6 Å². The summed E-state index contributed by atoms with van der Waals surface area (Å²) in [5.74, 6) is -2.86. The summed E-state index contributed by atoms with van der Waals surface area (Å²) in [5.41, 5.74) is -1.23. The smallest absolute Gasteiger partial charge is 0.342 e. The van der Waals surface area contributed by atoms with E-state index in [0.29, 0.717) is 33.3 Å². The monoisotopic (exact) mass is 636 g/mol. The Hall–Kier alpha value is -2.16. The highest BCUT2D eigenvalue weighted by atomic mass is 79.9. The van der Waals surface area contributed by atoms with Crippen molar-refractivity contribution in [2.75, 3.05) is 10.7 Å². The van der Waals surface area contributed by atoms with Crippen LogP contribution in [-0.2, 0) is 12.8 Å². The number of nitrogens with zero attached hydrogens (tertiary/aromatic N) is 2. The van der Waals surface area contributed by atoms with Crippen molar-refractivity contribution in [1.82, 2.24) is 0 Å². The van der Waals surface area contributed by atoms with E-state index >= 15 is 0 Å². The summed E-state index contributed by atoms with van der Waals surface area (Å²) in [6.07, 6.45) is 1.70. The molecule has 0 amide bonds. The Morgan fingerprint density at radius 3 is 1.38 bits per heavy atom. The molecule has 10 nitrogen and oxygen atoms in total. The number of aromatic carboxylic acids is 2. The maximum absolute atomic E-state index is 11.7. The number of rotatable bonds is 13. The van der Waals surface area contributed by atoms with Crippen LogP contribution in [0.15, 0.2) is 34.1 Å². The van der Waals surface area contributed by atoms with Crippen LogP contribution in [-0.4, -0.2) is 42.7 Å². The molecule has 182 valence electrons. The second-order valence-electron chi connectivity index (χ2n) is 6.83. The maximum atomic E-state index is 11.7. The second kappa shape index (κ2) is 13.1. The van der Waals surface area contributed by atoms with Gasteiger partial charge in [0.05, 0.1) is 9.85 Å². The van der Waals surface area contributed by atoms with Gasteiger partial charge in [-0.1, -0.05) is 53.4 Å². The van der Waals surface area contributed by atoms with Crippen LogP contribution >= 0.6 is 53.4 Å². The van der Waals surface area contributed by atoms with Crippen LogP contribution in [0.5, 0.6) is 0 Å². The molecule has 0 bridgehead atoms. The molecule has 14 heteroatoms. The van der Waals surface area contributed by atoms with E-state index < -0.39 is 44.3 Å². The molecular weight excluding hydrogens is 620 g/mol. The van der Waals surface area contributed by atoms with Crippen LogP contribution in [0.4, 0.5) is 11.4 Å². The lowest BCUT2D eigenvalue weighted by molar-refractivity contribution is -0.386. The zero-order valence-corrected chi connectivity index (χ0v) is 22.2. The number of carbonyl (C=O) groups is 2. The first kappa shape index (κ1) is 28.1. The van der Waals surface area contributed by atoms with E-state index in [0.717, 1.165) is 21.6 Å². The SMILES string of the molecule is O=C(O)c1cc(SSc2cc(CCCBr)c([N+](=O)[O-])c(C(=O)O)c2)cc(CCCBr)c1[N+](=O)[O-]. The summed E-state index contributed by atoms with van der Waals surface area (Å²) >= 11 is 6.52. The number of alkyl halides is 2. The standard InChI is InChI=1S/C20H18Br2N2O8S2/c21-5-1-3-11-7-13(9-15(19(25)26)17(11)23(29)30)33-34-14-8-12(4-2-6-22)18(24(31)32)16(10-14)20(27)28/h7-10H,1-6H2,(H,25,26)(H,27,28). The lowest BCUT2D eigenvalue weighted by atomic mass is 10.0. The fourth-order valence-corrected chi connectivity index (χ4v) is 5.80. The van der Waals surface area contributed by atoms with Crippen molar-refractivity contribution in [3.05, 3.63) is 66.7 Å². The molecule has 0 unspecified atom stereocenters. The molecule has 0 saturated carbocycles. The first-order valence-electron chi connectivity index (χ1n) is 9.66. The topological polar surface area (TPSA) is 161 Å². The molecule has 0 fully saturated rings. The Balaban J connectivity index is 2.49. The highest BCUT2D eigenvalue weighted by molar-refractivity contribution is 9.09. The maximum Gasteiger partial charge on any atom is 0.342 e. The van der Waals surface area contributed by atoms with E-state index in [2.05, 4.69) is 31.9 Å². The number of hydrogen-bond donors (Lipinski definition) is 2. The number of hydrogen-bond acceptors (Lipinski definition) is 8. The predicted molar refractivity (Wildman–Crippen MR) is 136 cm³/mol. The van der Waals surface area contributed by atoms with Crippen LogP contribution in [0.1, 0.15) is 44.7 Å². The summed E-state index contributed by atoms with van der Waals surface area (Å²) in [4.78, 5) is 45.8. The first-order valence-corrected chi connectivity index (χ1v) is 14.1. The van der Waals surface area contributed by atoms with Gasteiger partial charge in [-0.3, -0.25) is 20.2 Å². The quantitative estimate of drug-likeness (QED) is 0.109. The molecule has 0 heterocycles. The zero-order valence-electron chi connectivity index (χ0n) is 17.4. The van der Waals surface area contributed by atoms with Crippen LogP contribution in [0, 0.1) is 20.2 Å². The van der Waals surface area contributed by atoms with Gasteiger partial charge in [-0.25, -0.2) is 9.59 Å². The molecule has 0 aliphatic carbocycles. The number of nitro benzene ring substituents is 2. The van der Waals surface area contributed by atoms with Gasteiger partial charge in [0.2, 0.25) is 0 Å². The Bertz CT molecular complexity index is 1040. The molecule has 0 atom stereocenters. The van der Waals surface area contributed by atoms with Crippen LogP contribution in [0.25, 0.3) is 0 Å². The first-order chi connectivity index (χ1) is 16.1. The number of benzene rings is 2. The molecular formula is C20H18Br2N2O8S2. The largest absolute Gasteiger partial charge is 0.477 e. The zero-order chi connectivity index (χ0) is 25.4. The van der Waals surface area contributed by atoms with Gasteiger partial charge in [0.1, 0.15) is 11.1 Å². The summed E-state index contributed by atoms with van der Waals surface area (Å²) in [6, 6.07) is 5.48. The summed E-state index contributed by atoms with van der Waals surface area (Å²) in [6.45, 7) is 0. The van der Waals surface area contributed by atoms with Gasteiger partial charge in [-0.05, 0) is 49.9 Å². The van der Waals surface area contributed by atoms with Gasteiger partial charge < -0.3 is 10.2 Å². The van der Waals surface area contributed by atoms with E-state index in [1.54, 1.807) is 12.1 Å². The summed E-state index contributed by atoms with van der Waals surface area (Å²) < 4.78 is 0. The van der Waals surface area contributed by atoms with Crippen molar-refractivity contribution in [3.8, 4) is 0 Å². The van der Waals surface area contributed by atoms with Crippen molar-refractivity contribution in [2.45, 2.75) is 35.5 Å². The molecule has 0 radical (unpaired) electrons. The van der Waals surface area contributed by atoms with Crippen LogP contribution in [0.2, 0.25) is 0 Å². The highest BCUT2D eigenvalue weighted by Crippen LogP contribution is 2.42. The van der Waals surface area contributed by atoms with Gasteiger partial charge in [0.15, 0.2) is 0 Å². The Morgan fingerprint density at radius 1 is 0.765 bits per heavy atom. The number of halogens is 2. The van der Waals surface area contributed by atoms with Crippen molar-refractivity contribution in [1.29, 1.82) is 0 Å². The van der Waals surface area contributed by atoms with Crippen LogP contribution < -0.4 is 0 Å². The van der Waals surface area contributed by atoms with Gasteiger partial charge >= 0.3 is 11.9 Å². The fourth-order valence-electron chi connectivity index (χ4n) is 3.18. The molecule has 2 rings (SSSR count). The average Bonchev–Trinajstić information content (AvgIpc) is 2.78. The van der Waals surface area contributed by atoms with Crippen LogP contribution in [0.3, 0.4) is 0 Å². The Morgan fingerprint density at radius 2 is 1.12 bits per heavy atom. The number of nitro groups is 2. The molecule has 2 aromatic carbocycles. The minimum absolute atomic E-state index is 0.278. The molecule has 0 aromatic heterocycles. The number of aryl methyl sites for hydroxylation is 2. The third kappa shape index (κ3) is 7.17. The summed E-state index contributed by atoms with van der Waals surface area (Å²) in [7, 11) is 2.17.